The third kappa shape index (κ3) is 3.48. The van der Waals surface area contributed by atoms with Crippen molar-refractivity contribution in [1.29, 1.82) is 10.5 Å². The Morgan fingerprint density at radius 3 is 2.12 bits per heavy atom. The molecule has 0 aliphatic carbocycles. The number of hydrogen-bond donors (Lipinski definition) is 2. The summed E-state index contributed by atoms with van der Waals surface area (Å²) in [6, 6.07) is 18.3. The lowest BCUT2D eigenvalue weighted by molar-refractivity contribution is 0.482. The molecule has 2 aromatic carbocycles. The fraction of sp³-hybridized carbons (Fsp3) is 0.0526. The minimum atomic E-state index is -0.611. The molecule has 0 saturated carbocycles. The summed E-state index contributed by atoms with van der Waals surface area (Å²) < 4.78 is 5.83. The first-order valence-corrected chi connectivity index (χ1v) is 8.73. The largest absolute Gasteiger partial charge is 0.457 e. The molecule has 0 radical (unpaired) electrons. The minimum Gasteiger partial charge on any atom is -0.457 e. The number of rotatable bonds is 3. The number of allylic oxidation sites excluding steroid dienone is 2. The second-order valence-corrected chi connectivity index (χ2v) is 6.96. The number of nitriles is 2. The summed E-state index contributed by atoms with van der Waals surface area (Å²) in [5.74, 6) is 0.576. The Morgan fingerprint density at radius 2 is 1.54 bits per heavy atom. The van der Waals surface area contributed by atoms with Crippen molar-refractivity contribution in [3.8, 4) is 23.6 Å². The number of nitrogens with two attached hydrogens (primary N) is 2. The van der Waals surface area contributed by atoms with Crippen LogP contribution >= 0.6 is 23.4 Å². The molecule has 0 saturated heterocycles. The highest BCUT2D eigenvalue weighted by Gasteiger charge is 2.31. The molecule has 2 aromatic rings. The smallest absolute Gasteiger partial charge is 0.127 e. The van der Waals surface area contributed by atoms with E-state index in [1.807, 2.05) is 6.07 Å². The maximum atomic E-state index is 9.51. The highest BCUT2D eigenvalue weighted by atomic mass is 35.5. The van der Waals surface area contributed by atoms with Gasteiger partial charge in [0.15, 0.2) is 0 Å². The summed E-state index contributed by atoms with van der Waals surface area (Å²) in [6.45, 7) is 0. The van der Waals surface area contributed by atoms with Crippen LogP contribution in [0.25, 0.3) is 0 Å². The molecule has 5 nitrogen and oxygen atoms in total. The Morgan fingerprint density at radius 1 is 0.923 bits per heavy atom. The van der Waals surface area contributed by atoms with Crippen molar-refractivity contribution in [2.45, 2.75) is 5.92 Å². The number of nitrogens with zero attached hydrogens (tertiary/aromatic N) is 2. The number of halogens is 1. The van der Waals surface area contributed by atoms with Gasteiger partial charge in [-0.25, -0.2) is 0 Å². The molecule has 0 bridgehead atoms. The van der Waals surface area contributed by atoms with Gasteiger partial charge in [-0.1, -0.05) is 35.5 Å². The van der Waals surface area contributed by atoms with E-state index in [1.165, 1.54) is 0 Å². The van der Waals surface area contributed by atoms with E-state index in [0.29, 0.717) is 43.3 Å². The Kier molecular flexibility index (Phi) is 5.09. The average Bonchev–Trinajstić information content (AvgIpc) is 2.63. The van der Waals surface area contributed by atoms with Crippen LogP contribution in [-0.2, 0) is 0 Å². The summed E-state index contributed by atoms with van der Waals surface area (Å²) in [7, 11) is 0. The zero-order valence-corrected chi connectivity index (χ0v) is 15.0. The Labute approximate surface area is 160 Å². The summed E-state index contributed by atoms with van der Waals surface area (Å²) in [5.41, 5.74) is 13.2. The Balaban J connectivity index is 2.00. The van der Waals surface area contributed by atoms with Crippen molar-refractivity contribution >= 4 is 23.4 Å². The molecule has 7 heteroatoms. The van der Waals surface area contributed by atoms with Gasteiger partial charge in [-0.15, -0.1) is 0 Å². The van der Waals surface area contributed by atoms with Crippen LogP contribution in [0, 0.1) is 22.7 Å². The fourth-order valence-electron chi connectivity index (χ4n) is 2.63. The molecular formula is C19H13ClN4OS. The molecule has 3 rings (SSSR count). The SMILES string of the molecule is N#CC1=C(N)SC(N)=C(C#N)C1c1cccc(Oc2ccc(Cl)cc2)c1. The lowest BCUT2D eigenvalue weighted by Crippen LogP contribution is -2.18. The topological polar surface area (TPSA) is 109 Å². The van der Waals surface area contributed by atoms with E-state index in [4.69, 9.17) is 27.8 Å². The predicted octanol–water partition coefficient (Wildman–Crippen LogP) is 4.35. The van der Waals surface area contributed by atoms with Crippen molar-refractivity contribution in [3.63, 3.8) is 0 Å². The van der Waals surface area contributed by atoms with E-state index in [2.05, 4.69) is 12.1 Å². The van der Waals surface area contributed by atoms with Crippen LogP contribution < -0.4 is 16.2 Å². The first-order chi connectivity index (χ1) is 12.5. The van der Waals surface area contributed by atoms with Gasteiger partial charge in [0.1, 0.15) is 11.5 Å². The van der Waals surface area contributed by atoms with Crippen molar-refractivity contribution < 1.29 is 4.74 Å². The molecule has 0 fully saturated rings. The average molecular weight is 381 g/mol. The molecule has 0 amide bonds. The Bertz CT molecular complexity index is 963. The number of benzene rings is 2. The summed E-state index contributed by atoms with van der Waals surface area (Å²) in [4.78, 5) is 0. The van der Waals surface area contributed by atoms with Crippen LogP contribution in [0.5, 0.6) is 11.5 Å². The molecule has 1 aliphatic rings. The zero-order chi connectivity index (χ0) is 18.7. The predicted molar refractivity (Wildman–Crippen MR) is 102 cm³/mol. The molecule has 0 aromatic heterocycles. The quantitative estimate of drug-likeness (QED) is 0.819. The van der Waals surface area contributed by atoms with Crippen molar-refractivity contribution in [1.82, 2.24) is 0 Å². The van der Waals surface area contributed by atoms with Crippen LogP contribution in [0.15, 0.2) is 69.7 Å². The van der Waals surface area contributed by atoms with E-state index in [1.54, 1.807) is 42.5 Å². The van der Waals surface area contributed by atoms with E-state index < -0.39 is 5.92 Å². The molecule has 128 valence electrons. The maximum absolute atomic E-state index is 9.51. The minimum absolute atomic E-state index is 0.304. The van der Waals surface area contributed by atoms with Gasteiger partial charge < -0.3 is 16.2 Å². The zero-order valence-electron chi connectivity index (χ0n) is 13.4. The van der Waals surface area contributed by atoms with Gasteiger partial charge in [-0.2, -0.15) is 10.5 Å². The van der Waals surface area contributed by atoms with Gasteiger partial charge in [0, 0.05) is 5.02 Å². The van der Waals surface area contributed by atoms with Crippen LogP contribution in [0.2, 0.25) is 5.02 Å². The monoisotopic (exact) mass is 380 g/mol. The van der Waals surface area contributed by atoms with Gasteiger partial charge in [-0.05, 0) is 42.0 Å². The van der Waals surface area contributed by atoms with E-state index in [9.17, 15) is 10.5 Å². The number of thioether (sulfide) groups is 1. The van der Waals surface area contributed by atoms with Gasteiger partial charge >= 0.3 is 0 Å². The van der Waals surface area contributed by atoms with Gasteiger partial charge in [0.2, 0.25) is 0 Å². The summed E-state index contributed by atoms with van der Waals surface area (Å²) in [6.07, 6.45) is 0. The molecule has 0 unspecified atom stereocenters. The van der Waals surface area contributed by atoms with Crippen molar-refractivity contribution in [3.05, 3.63) is 80.3 Å². The Hall–Kier alpha value is -3.06. The maximum Gasteiger partial charge on any atom is 0.127 e. The second-order valence-electron chi connectivity index (χ2n) is 5.44. The molecule has 1 aliphatic heterocycles. The molecule has 26 heavy (non-hydrogen) atoms. The first-order valence-electron chi connectivity index (χ1n) is 7.54. The molecule has 4 N–H and O–H groups in total. The summed E-state index contributed by atoms with van der Waals surface area (Å²) in [5, 5.41) is 20.2. The van der Waals surface area contributed by atoms with Crippen LogP contribution in [0.3, 0.4) is 0 Å². The molecule has 0 spiro atoms. The van der Waals surface area contributed by atoms with Crippen molar-refractivity contribution in [2.75, 3.05) is 0 Å². The van der Waals surface area contributed by atoms with Gasteiger partial charge in [0.25, 0.3) is 0 Å². The molecule has 1 heterocycles. The van der Waals surface area contributed by atoms with Crippen LogP contribution in [0.4, 0.5) is 0 Å². The highest BCUT2D eigenvalue weighted by Crippen LogP contribution is 2.43. The van der Waals surface area contributed by atoms with Crippen LogP contribution in [0.1, 0.15) is 11.5 Å². The van der Waals surface area contributed by atoms with Gasteiger partial charge in [-0.3, -0.25) is 0 Å². The summed E-state index contributed by atoms with van der Waals surface area (Å²) >= 11 is 6.92. The lowest BCUT2D eigenvalue weighted by Gasteiger charge is -2.23. The fourth-order valence-corrected chi connectivity index (χ4v) is 3.54. The normalized spacial score (nSPS) is 14.7. The number of ether oxygens (including phenoxy) is 1. The van der Waals surface area contributed by atoms with E-state index >= 15 is 0 Å². The third-order valence-corrected chi connectivity index (χ3v) is 4.94. The van der Waals surface area contributed by atoms with Gasteiger partial charge in [0.05, 0.1) is 39.3 Å². The second kappa shape index (κ2) is 7.45. The lowest BCUT2D eigenvalue weighted by atomic mass is 9.86. The standard InChI is InChI=1S/C19H13ClN4OS/c20-12-4-6-13(7-5-12)25-14-3-1-2-11(8-14)17-15(9-21)18(23)26-19(24)16(17)10-22/h1-8,17H,23-24H2. The van der Waals surface area contributed by atoms with Crippen molar-refractivity contribution in [2.24, 2.45) is 11.5 Å². The first kappa shape index (κ1) is 17.8. The van der Waals surface area contributed by atoms with E-state index in [0.717, 1.165) is 11.8 Å². The van der Waals surface area contributed by atoms with Crippen LogP contribution in [-0.4, -0.2) is 0 Å². The third-order valence-electron chi connectivity index (χ3n) is 3.81. The highest BCUT2D eigenvalue weighted by molar-refractivity contribution is 8.06. The molecule has 0 atom stereocenters. The molecular weight excluding hydrogens is 368 g/mol. The number of hydrogen-bond acceptors (Lipinski definition) is 6. The van der Waals surface area contributed by atoms with E-state index in [-0.39, 0.29) is 0 Å².